The van der Waals surface area contributed by atoms with Crippen molar-refractivity contribution < 1.29 is 124 Å². The number of aliphatic carboxylic acids is 1. The molecule has 0 aromatic heterocycles. The summed E-state index contributed by atoms with van der Waals surface area (Å²) < 4.78 is 0. The van der Waals surface area contributed by atoms with Crippen LogP contribution in [0.25, 0.3) is 0 Å². The molecule has 0 bridgehead atoms. The van der Waals surface area contributed by atoms with Crippen molar-refractivity contribution in [1.29, 1.82) is 0 Å². The van der Waals surface area contributed by atoms with Crippen LogP contribution in [0.3, 0.4) is 0 Å². The maximum Gasteiger partial charge on any atom is 1.00 e. The second kappa shape index (κ2) is 13.4. The number of nitrogens with one attached hydrogen (secondary N) is 1. The Bertz CT molecular complexity index is 812. The van der Waals surface area contributed by atoms with Crippen LogP contribution in [-0.4, -0.2) is 51.6 Å². The van der Waals surface area contributed by atoms with Crippen LogP contribution in [-0.2, 0) is 9.59 Å². The number of benzene rings is 2. The number of carboxylic acid groups (broad SMARTS) is 1. The van der Waals surface area contributed by atoms with Crippen molar-refractivity contribution in [2.75, 3.05) is 5.32 Å². The van der Waals surface area contributed by atoms with E-state index in [4.69, 9.17) is 11.6 Å². The van der Waals surface area contributed by atoms with Crippen molar-refractivity contribution in [2.24, 2.45) is 4.99 Å². The van der Waals surface area contributed by atoms with Crippen LogP contribution in [0.5, 0.6) is 0 Å². The molecule has 0 aliphatic carbocycles. The smallest absolute Gasteiger partial charge is 1.00 e. The van der Waals surface area contributed by atoms with E-state index < -0.39 is 17.9 Å². The third-order valence-electron chi connectivity index (χ3n) is 3.28. The van der Waals surface area contributed by atoms with Crippen molar-refractivity contribution in [1.82, 2.24) is 0 Å². The summed E-state index contributed by atoms with van der Waals surface area (Å²) in [6, 6.07) is 12.5. The minimum absolute atomic E-state index is 0. The maximum atomic E-state index is 12.0. The van der Waals surface area contributed by atoms with E-state index in [-0.39, 0.29) is 127 Å². The van der Waals surface area contributed by atoms with Crippen LogP contribution in [0, 0.1) is 0 Å². The van der Waals surface area contributed by atoms with Crippen molar-refractivity contribution in [3.05, 3.63) is 64.7 Å². The zero-order valence-corrected chi connectivity index (χ0v) is 22.5. The van der Waals surface area contributed by atoms with Gasteiger partial charge in [-0.25, -0.2) is 4.79 Å². The summed E-state index contributed by atoms with van der Waals surface area (Å²) in [7, 11) is 0. The van der Waals surface area contributed by atoms with Gasteiger partial charge < -0.3 is 17.3 Å². The second-order valence-corrected chi connectivity index (χ2v) is 5.20. The number of rotatable bonds is 2. The van der Waals surface area contributed by atoms with Gasteiger partial charge in [0.15, 0.2) is 0 Å². The van der Waals surface area contributed by atoms with Crippen molar-refractivity contribution in [3.63, 3.8) is 0 Å². The fourth-order valence-electron chi connectivity index (χ4n) is 2.27. The summed E-state index contributed by atoms with van der Waals surface area (Å²) in [4.78, 5) is 27.5. The van der Waals surface area contributed by atoms with Gasteiger partial charge in [-0.2, -0.15) is 0 Å². The van der Waals surface area contributed by atoms with E-state index in [1.807, 2.05) is 18.2 Å². The molecule has 1 aliphatic rings. The van der Waals surface area contributed by atoms with E-state index in [0.29, 0.717) is 27.5 Å². The van der Waals surface area contributed by atoms with E-state index in [0.717, 1.165) is 0 Å². The predicted octanol–water partition coefficient (Wildman–Crippen LogP) is -3.85. The third kappa shape index (κ3) is 6.86. The molecule has 3 rings (SSSR count). The molecule has 123 valence electrons. The number of fused-ring (bicyclic) bond motifs is 1. The molecule has 2 aromatic carbocycles. The molecule has 1 amide bonds. The first-order valence-electron chi connectivity index (χ1n) is 6.53. The molecule has 0 saturated heterocycles. The van der Waals surface area contributed by atoms with E-state index in [1.165, 1.54) is 0 Å². The maximum absolute atomic E-state index is 12.0. The zero-order chi connectivity index (χ0) is 15.7. The first-order chi connectivity index (χ1) is 10.6. The third-order valence-corrected chi connectivity index (χ3v) is 3.52. The molecule has 10 heteroatoms. The Balaban J connectivity index is -0.00000115. The molecule has 0 saturated carbocycles. The van der Waals surface area contributed by atoms with E-state index in [1.54, 1.807) is 30.3 Å². The van der Waals surface area contributed by atoms with Gasteiger partial charge in [0.1, 0.15) is 0 Å². The number of carbonyl (C=O) groups is 2. The standard InChI is InChI=1S/C16H11ClN2O3.Al.2K.H2O.H/c17-10-6-7-12-11(8-10)13(9-4-2-1-3-5-9)19-14(16(21)22)15(20)18-12;;;;;/h1-8,14H,(H,18,20)(H,21,22);;;;1H2;/q;;2*+1;;-1/p-1. The number of carbonyl (C=O) groups excluding carboxylic acids is 1. The second-order valence-electron chi connectivity index (χ2n) is 4.76. The Hall–Kier alpha value is 1.11. The molecular formula is C16H13AlClK2N2O4. The monoisotopic (exact) mass is 437 g/mol. The Morgan fingerprint density at radius 1 is 1.15 bits per heavy atom. The number of benzodiazepines with no additional fused rings is 1. The molecule has 3 N–H and O–H groups in total. The first kappa shape index (κ1) is 29.3. The van der Waals surface area contributed by atoms with Crippen LogP contribution in [0.15, 0.2) is 53.5 Å². The number of hydrogen-bond acceptors (Lipinski definition) is 4. The van der Waals surface area contributed by atoms with Gasteiger partial charge in [0.2, 0.25) is 6.04 Å². The summed E-state index contributed by atoms with van der Waals surface area (Å²) in [5.74, 6) is -1.98. The number of carboxylic acids is 1. The number of halogens is 1. The van der Waals surface area contributed by atoms with Gasteiger partial charge in [-0.15, -0.1) is 0 Å². The predicted molar refractivity (Wildman–Crippen MR) is 92.4 cm³/mol. The normalized spacial score (nSPS) is 14.4. The van der Waals surface area contributed by atoms with Crippen LogP contribution in [0.4, 0.5) is 5.69 Å². The minimum atomic E-state index is -1.50. The molecule has 2 aromatic rings. The number of nitrogens with zero attached hydrogens (tertiary/aromatic N) is 1. The number of aliphatic imine (C=N–C) groups is 1. The molecule has 6 nitrogen and oxygen atoms in total. The number of anilines is 1. The summed E-state index contributed by atoms with van der Waals surface area (Å²) >= 11 is 6.03. The van der Waals surface area contributed by atoms with Crippen molar-refractivity contribution in [2.45, 2.75) is 6.04 Å². The van der Waals surface area contributed by atoms with Gasteiger partial charge >= 0.3 is 109 Å². The quantitative estimate of drug-likeness (QED) is 0.370. The van der Waals surface area contributed by atoms with Gasteiger partial charge in [-0.1, -0.05) is 41.9 Å². The first-order valence-corrected chi connectivity index (χ1v) is 6.91. The van der Waals surface area contributed by atoms with Crippen LogP contribution in [0.1, 0.15) is 12.6 Å². The minimum Gasteiger partial charge on any atom is -1.00 e. The summed E-state index contributed by atoms with van der Waals surface area (Å²) in [5.41, 5.74) is 2.22. The van der Waals surface area contributed by atoms with Gasteiger partial charge in [-0.3, -0.25) is 9.79 Å². The molecule has 3 radical (unpaired) electrons. The van der Waals surface area contributed by atoms with E-state index in [9.17, 15) is 14.7 Å². The topological polar surface area (TPSA) is 109 Å². The molecule has 1 unspecified atom stereocenters. The summed E-state index contributed by atoms with van der Waals surface area (Å²) in [6.07, 6.45) is 0. The Labute approximate surface area is 252 Å². The van der Waals surface area contributed by atoms with Crippen molar-refractivity contribution >= 4 is 52.2 Å². The van der Waals surface area contributed by atoms with E-state index in [2.05, 4.69) is 10.3 Å². The largest absolute Gasteiger partial charge is 1.00 e. The molecule has 1 atom stereocenters. The van der Waals surface area contributed by atoms with Gasteiger partial charge in [0.25, 0.3) is 5.91 Å². The van der Waals surface area contributed by atoms with E-state index >= 15 is 0 Å². The average molecular weight is 438 g/mol. The number of amides is 1. The molecular weight excluding hydrogens is 425 g/mol. The van der Waals surface area contributed by atoms with Crippen molar-refractivity contribution in [3.8, 4) is 0 Å². The summed E-state index contributed by atoms with van der Waals surface area (Å²) in [5, 5.41) is 12.3. The Morgan fingerprint density at radius 3 is 2.35 bits per heavy atom. The number of hydrogen-bond donors (Lipinski definition) is 2. The molecule has 0 spiro atoms. The Morgan fingerprint density at radius 2 is 1.77 bits per heavy atom. The Kier molecular flexibility index (Phi) is 15.0. The van der Waals surface area contributed by atoms with Crippen LogP contribution < -0.4 is 108 Å². The van der Waals surface area contributed by atoms with Gasteiger partial charge in [0.05, 0.1) is 11.4 Å². The molecule has 1 aliphatic heterocycles. The van der Waals surface area contributed by atoms with Gasteiger partial charge in [0, 0.05) is 33.5 Å². The fraction of sp³-hybridized carbons (Fsp3) is 0.0625. The fourth-order valence-corrected chi connectivity index (χ4v) is 2.45. The average Bonchev–Trinajstić information content (AvgIpc) is 2.64. The summed E-state index contributed by atoms with van der Waals surface area (Å²) in [6.45, 7) is 0. The van der Waals surface area contributed by atoms with Crippen LogP contribution in [0.2, 0.25) is 5.02 Å². The van der Waals surface area contributed by atoms with Crippen LogP contribution >= 0.6 is 11.6 Å². The van der Waals surface area contributed by atoms with Gasteiger partial charge in [-0.05, 0) is 18.2 Å². The zero-order valence-electron chi connectivity index (χ0n) is 15.3. The molecule has 0 fully saturated rings. The molecule has 1 heterocycles. The molecule has 26 heavy (non-hydrogen) atoms. The SMILES string of the molecule is O=C(O)C1N=C(c2ccccc2)c2cc(Cl)ccc2NC1=O.[Al].[H-].[K+].[K+].[OH-].